The van der Waals surface area contributed by atoms with Gasteiger partial charge in [0.25, 0.3) is 0 Å². The van der Waals surface area contributed by atoms with E-state index in [1.54, 1.807) is 6.92 Å². The van der Waals surface area contributed by atoms with Crippen LogP contribution < -0.4 is 10.6 Å². The van der Waals surface area contributed by atoms with E-state index in [4.69, 9.17) is 0 Å². The zero-order chi connectivity index (χ0) is 17.1. The molecule has 0 bridgehead atoms. The molecule has 22 heavy (non-hydrogen) atoms. The van der Waals surface area contributed by atoms with Crippen LogP contribution >= 0.6 is 0 Å². The second kappa shape index (κ2) is 7.08. The van der Waals surface area contributed by atoms with E-state index in [0.29, 0.717) is 0 Å². The summed E-state index contributed by atoms with van der Waals surface area (Å²) in [6, 6.07) is -1.22. The molecule has 126 valence electrons. The predicted octanol–water partition coefficient (Wildman–Crippen LogP) is 1.57. The smallest absolute Gasteiger partial charge is 0.336 e. The number of halogens is 4. The fraction of sp³-hybridized carbons (Fsp3) is 0.692. The van der Waals surface area contributed by atoms with E-state index >= 15 is 0 Å². The Morgan fingerprint density at radius 1 is 1.55 bits per heavy atom. The fourth-order valence-electron chi connectivity index (χ4n) is 2.14. The lowest BCUT2D eigenvalue weighted by molar-refractivity contribution is -0.124. The van der Waals surface area contributed by atoms with Crippen LogP contribution in [0.5, 0.6) is 0 Å². The van der Waals surface area contributed by atoms with E-state index in [-0.39, 0.29) is 6.42 Å². The highest BCUT2D eigenvalue weighted by atomic mass is 19.4. The summed E-state index contributed by atoms with van der Waals surface area (Å²) >= 11 is 0. The van der Waals surface area contributed by atoms with Gasteiger partial charge in [0.2, 0.25) is 11.7 Å². The van der Waals surface area contributed by atoms with Gasteiger partial charge in [0.1, 0.15) is 6.17 Å². The minimum absolute atomic E-state index is 0.00366. The molecule has 5 nitrogen and oxygen atoms in total. The lowest BCUT2D eigenvalue weighted by Crippen LogP contribution is -2.54. The molecule has 4 atom stereocenters. The van der Waals surface area contributed by atoms with Gasteiger partial charge in [-0.2, -0.15) is 13.2 Å². The average molecular weight is 324 g/mol. The number of rotatable bonds is 4. The Hall–Kier alpha value is -1.64. The molecule has 1 saturated heterocycles. The van der Waals surface area contributed by atoms with Crippen molar-refractivity contribution in [3.05, 3.63) is 12.8 Å². The number of amides is 1. The Labute approximate surface area is 126 Å². The van der Waals surface area contributed by atoms with Crippen molar-refractivity contribution in [1.82, 2.24) is 15.5 Å². The van der Waals surface area contributed by atoms with Crippen molar-refractivity contribution in [3.8, 4) is 0 Å². The summed E-state index contributed by atoms with van der Waals surface area (Å²) in [6.07, 6.45) is -6.02. The number of nitrogens with one attached hydrogen (secondary N) is 2. The first kappa shape index (κ1) is 18.4. The molecule has 1 heterocycles. The fourth-order valence-corrected chi connectivity index (χ4v) is 2.14. The maximum atomic E-state index is 13.4. The van der Waals surface area contributed by atoms with Crippen molar-refractivity contribution in [2.45, 2.75) is 50.9 Å². The molecule has 2 N–H and O–H groups in total. The van der Waals surface area contributed by atoms with Gasteiger partial charge in [0, 0.05) is 25.7 Å². The number of hydrogen-bond acceptors (Lipinski definition) is 3. The summed E-state index contributed by atoms with van der Waals surface area (Å²) in [5.41, 5.74) is 0. The molecule has 1 aliphatic rings. The van der Waals surface area contributed by atoms with Gasteiger partial charge in [-0.15, -0.1) is 0 Å². The van der Waals surface area contributed by atoms with Crippen LogP contribution in [0.4, 0.5) is 17.6 Å². The minimum atomic E-state index is -4.67. The summed E-state index contributed by atoms with van der Waals surface area (Å²) in [4.78, 5) is 16.0. The van der Waals surface area contributed by atoms with Crippen molar-refractivity contribution >= 4 is 11.7 Å². The van der Waals surface area contributed by atoms with Gasteiger partial charge in [-0.3, -0.25) is 4.79 Å². The summed E-state index contributed by atoms with van der Waals surface area (Å²) < 4.78 is 52.0. The third kappa shape index (κ3) is 4.43. The summed E-state index contributed by atoms with van der Waals surface area (Å²) in [5, 5.41) is 5.17. The molecule has 0 aliphatic carbocycles. The molecule has 0 aromatic rings. The molecule has 9 heteroatoms. The lowest BCUT2D eigenvalue weighted by Gasteiger charge is -2.30. The molecule has 0 spiro atoms. The zero-order valence-corrected chi connectivity index (χ0v) is 12.6. The number of amidine groups is 1. The quantitative estimate of drug-likeness (QED) is 0.357. The van der Waals surface area contributed by atoms with Crippen LogP contribution in [-0.2, 0) is 4.79 Å². The summed E-state index contributed by atoms with van der Waals surface area (Å²) in [6.45, 7) is 6.13. The third-order valence-corrected chi connectivity index (χ3v) is 3.52. The monoisotopic (exact) mass is 324 g/mol. The van der Waals surface area contributed by atoms with E-state index < -0.39 is 42.3 Å². The molecule has 0 aromatic carbocycles. The highest BCUT2D eigenvalue weighted by molar-refractivity contribution is 5.89. The van der Waals surface area contributed by atoms with Crippen molar-refractivity contribution in [1.29, 1.82) is 0 Å². The largest absolute Gasteiger partial charge is 0.449 e. The van der Waals surface area contributed by atoms with Crippen molar-refractivity contribution < 1.29 is 22.4 Å². The van der Waals surface area contributed by atoms with Gasteiger partial charge < -0.3 is 15.5 Å². The first-order valence-electron chi connectivity index (χ1n) is 6.77. The van der Waals surface area contributed by atoms with Gasteiger partial charge in [-0.05, 0) is 13.8 Å². The predicted molar refractivity (Wildman–Crippen MR) is 75.0 cm³/mol. The highest BCUT2D eigenvalue weighted by Gasteiger charge is 2.41. The van der Waals surface area contributed by atoms with E-state index in [1.807, 2.05) is 0 Å². The Balaban J connectivity index is 2.71. The van der Waals surface area contributed by atoms with Crippen molar-refractivity contribution in [2.24, 2.45) is 4.99 Å². The number of carbonyl (C=O) groups is 1. The normalized spacial score (nSPS) is 27.4. The van der Waals surface area contributed by atoms with Crippen molar-refractivity contribution in [3.63, 3.8) is 0 Å². The zero-order valence-electron chi connectivity index (χ0n) is 12.6. The Morgan fingerprint density at radius 2 is 2.14 bits per heavy atom. The first-order valence-corrected chi connectivity index (χ1v) is 6.77. The SMILES string of the molecule is C=CN=C(N(C)C(C)NC(=O)[C@@H]1C[C@@H](F)[C@H](C)N1)C(F)(F)F. The van der Waals surface area contributed by atoms with E-state index in [9.17, 15) is 22.4 Å². The molecule has 1 rings (SSSR count). The van der Waals surface area contributed by atoms with E-state index in [1.165, 1.54) is 6.92 Å². The number of nitrogens with zero attached hydrogens (tertiary/aromatic N) is 2. The number of alkyl halides is 4. The Morgan fingerprint density at radius 3 is 2.55 bits per heavy atom. The first-order chi connectivity index (χ1) is 10.1. The van der Waals surface area contributed by atoms with Gasteiger partial charge in [-0.1, -0.05) is 6.58 Å². The van der Waals surface area contributed by atoms with Gasteiger partial charge in [-0.25, -0.2) is 9.38 Å². The molecular formula is C13H20F4N4O. The average Bonchev–Trinajstić information content (AvgIpc) is 2.74. The molecule has 1 unspecified atom stereocenters. The Kier molecular flexibility index (Phi) is 5.92. The van der Waals surface area contributed by atoms with Gasteiger partial charge in [0.05, 0.1) is 12.2 Å². The standard InChI is InChI=1S/C13H20F4N4O/c1-5-18-12(13(15,16)17)21(4)8(3)20-11(22)10-6-9(14)7(2)19-10/h5,7-10,19H,1,6H2,2-4H3,(H,20,22)/t7-,8?,9+,10-/m0/s1. The van der Waals surface area contributed by atoms with Crippen LogP contribution in [0.25, 0.3) is 0 Å². The second-order valence-corrected chi connectivity index (χ2v) is 5.19. The number of hydrogen-bond donors (Lipinski definition) is 2. The van der Waals surface area contributed by atoms with Gasteiger partial charge >= 0.3 is 6.18 Å². The molecule has 0 aromatic heterocycles. The highest BCUT2D eigenvalue weighted by Crippen LogP contribution is 2.21. The molecule has 1 aliphatic heterocycles. The molecular weight excluding hydrogens is 304 g/mol. The van der Waals surface area contributed by atoms with E-state index in [0.717, 1.165) is 18.1 Å². The number of carbonyl (C=O) groups excluding carboxylic acids is 1. The van der Waals surface area contributed by atoms with Crippen LogP contribution in [-0.4, -0.2) is 54.3 Å². The lowest BCUT2D eigenvalue weighted by atomic mass is 10.1. The molecule has 1 fully saturated rings. The van der Waals surface area contributed by atoms with Crippen LogP contribution in [0.3, 0.4) is 0 Å². The summed E-state index contributed by atoms with van der Waals surface area (Å²) in [5.74, 6) is -1.72. The van der Waals surface area contributed by atoms with E-state index in [2.05, 4.69) is 22.2 Å². The topological polar surface area (TPSA) is 56.7 Å². The maximum absolute atomic E-state index is 13.4. The van der Waals surface area contributed by atoms with Gasteiger partial charge in [0.15, 0.2) is 0 Å². The minimum Gasteiger partial charge on any atom is -0.336 e. The summed E-state index contributed by atoms with van der Waals surface area (Å²) in [7, 11) is 1.16. The second-order valence-electron chi connectivity index (χ2n) is 5.19. The Bertz CT molecular complexity index is 442. The molecule has 0 radical (unpaired) electrons. The van der Waals surface area contributed by atoms with Crippen LogP contribution in [0.15, 0.2) is 17.8 Å². The van der Waals surface area contributed by atoms with Crippen molar-refractivity contribution in [2.75, 3.05) is 7.05 Å². The number of aliphatic imine (C=N–C) groups is 1. The third-order valence-electron chi connectivity index (χ3n) is 3.52. The van der Waals surface area contributed by atoms with Crippen LogP contribution in [0, 0.1) is 0 Å². The maximum Gasteiger partial charge on any atom is 0.449 e. The molecule has 1 amide bonds. The molecule has 0 saturated carbocycles. The van der Waals surface area contributed by atoms with Crippen LogP contribution in [0.2, 0.25) is 0 Å². The van der Waals surface area contributed by atoms with Crippen LogP contribution in [0.1, 0.15) is 20.3 Å².